The molecule has 32 heavy (non-hydrogen) atoms. The smallest absolute Gasteiger partial charge is 0.279 e. The third-order valence-electron chi connectivity index (χ3n) is 6.36. The van der Waals surface area contributed by atoms with E-state index in [1.807, 2.05) is 24.3 Å². The molecule has 0 saturated heterocycles. The maximum absolute atomic E-state index is 13.0. The molecule has 0 bridgehead atoms. The normalized spacial score (nSPS) is 20.8. The van der Waals surface area contributed by atoms with E-state index < -0.39 is 11.5 Å². The third-order valence-corrected chi connectivity index (χ3v) is 6.59. The number of aromatic nitrogens is 3. The van der Waals surface area contributed by atoms with E-state index in [1.165, 1.54) is 23.1 Å². The zero-order valence-electron chi connectivity index (χ0n) is 17.4. The quantitative estimate of drug-likeness (QED) is 0.452. The van der Waals surface area contributed by atoms with Crippen molar-refractivity contribution in [1.82, 2.24) is 9.78 Å². The van der Waals surface area contributed by atoms with Crippen molar-refractivity contribution in [1.29, 1.82) is 0 Å². The summed E-state index contributed by atoms with van der Waals surface area (Å²) in [7, 11) is 0. The SMILES string of the molecule is NC[C@]1(c2cccc(Cl)c2)CC[C@@H](n2nc(-c3ccc[n+]([O-])c3)cc(C(N)=O)c2=O)CC1. The summed E-state index contributed by atoms with van der Waals surface area (Å²) in [4.78, 5) is 25.0. The van der Waals surface area contributed by atoms with Crippen molar-refractivity contribution >= 4 is 17.5 Å². The minimum absolute atomic E-state index is 0.151. The minimum atomic E-state index is -0.829. The molecule has 2 aromatic heterocycles. The van der Waals surface area contributed by atoms with Gasteiger partial charge in [-0.25, -0.2) is 4.68 Å². The van der Waals surface area contributed by atoms with Gasteiger partial charge >= 0.3 is 0 Å². The summed E-state index contributed by atoms with van der Waals surface area (Å²) in [5, 5.41) is 16.9. The summed E-state index contributed by atoms with van der Waals surface area (Å²) in [6.07, 6.45) is 5.46. The van der Waals surface area contributed by atoms with Crippen LogP contribution in [0.3, 0.4) is 0 Å². The van der Waals surface area contributed by atoms with Crippen LogP contribution in [0.2, 0.25) is 5.02 Å². The van der Waals surface area contributed by atoms with Gasteiger partial charge in [-0.3, -0.25) is 9.59 Å². The Morgan fingerprint density at radius 3 is 2.62 bits per heavy atom. The highest BCUT2D eigenvalue weighted by molar-refractivity contribution is 6.30. The maximum Gasteiger partial charge on any atom is 0.279 e. The molecule has 1 saturated carbocycles. The van der Waals surface area contributed by atoms with Crippen LogP contribution in [-0.4, -0.2) is 22.2 Å². The topological polar surface area (TPSA) is 131 Å². The van der Waals surface area contributed by atoms with Gasteiger partial charge in [0.25, 0.3) is 11.5 Å². The van der Waals surface area contributed by atoms with Crippen LogP contribution in [0, 0.1) is 5.21 Å². The summed E-state index contributed by atoms with van der Waals surface area (Å²) in [6, 6.07) is 12.1. The largest absolute Gasteiger partial charge is 0.619 e. The van der Waals surface area contributed by atoms with Gasteiger partial charge in [0.15, 0.2) is 12.4 Å². The Hall–Kier alpha value is -3.23. The zero-order valence-corrected chi connectivity index (χ0v) is 18.2. The highest BCUT2D eigenvalue weighted by Gasteiger charge is 2.37. The lowest BCUT2D eigenvalue weighted by molar-refractivity contribution is -0.604. The fraction of sp³-hybridized carbons (Fsp3) is 0.304. The van der Waals surface area contributed by atoms with Gasteiger partial charge in [-0.2, -0.15) is 9.83 Å². The molecule has 9 heteroatoms. The first-order valence-corrected chi connectivity index (χ1v) is 10.8. The molecule has 3 aromatic rings. The fourth-order valence-electron chi connectivity index (χ4n) is 4.51. The first-order chi connectivity index (χ1) is 15.3. The second kappa shape index (κ2) is 8.72. The van der Waals surface area contributed by atoms with Crippen LogP contribution in [0.15, 0.2) is 59.7 Å². The number of nitrogens with two attached hydrogens (primary N) is 2. The number of hydrogen-bond donors (Lipinski definition) is 2. The van der Waals surface area contributed by atoms with Gasteiger partial charge in [0, 0.05) is 23.0 Å². The number of primary amides is 1. The molecule has 4 N–H and O–H groups in total. The van der Waals surface area contributed by atoms with Crippen LogP contribution >= 0.6 is 11.6 Å². The summed E-state index contributed by atoms with van der Waals surface area (Å²) in [6.45, 7) is 0.461. The summed E-state index contributed by atoms with van der Waals surface area (Å²) in [5.41, 5.74) is 12.7. The number of amides is 1. The lowest BCUT2D eigenvalue weighted by Crippen LogP contribution is -2.42. The van der Waals surface area contributed by atoms with Crippen LogP contribution in [-0.2, 0) is 5.41 Å². The number of halogens is 1. The minimum Gasteiger partial charge on any atom is -0.619 e. The molecule has 1 amide bonds. The van der Waals surface area contributed by atoms with Gasteiger partial charge in [0.1, 0.15) is 5.56 Å². The van der Waals surface area contributed by atoms with E-state index >= 15 is 0 Å². The molecule has 8 nitrogen and oxygen atoms in total. The van der Waals surface area contributed by atoms with E-state index in [9.17, 15) is 14.8 Å². The number of benzene rings is 1. The average molecular weight is 454 g/mol. The van der Waals surface area contributed by atoms with Gasteiger partial charge < -0.3 is 16.7 Å². The molecule has 0 aliphatic heterocycles. The number of carbonyl (C=O) groups excluding carboxylic acids is 1. The summed E-state index contributed by atoms with van der Waals surface area (Å²) >= 11 is 6.20. The second-order valence-electron chi connectivity index (χ2n) is 8.24. The van der Waals surface area contributed by atoms with E-state index in [4.69, 9.17) is 23.1 Å². The van der Waals surface area contributed by atoms with E-state index in [-0.39, 0.29) is 17.0 Å². The average Bonchev–Trinajstić information content (AvgIpc) is 2.79. The monoisotopic (exact) mass is 453 g/mol. The van der Waals surface area contributed by atoms with Crippen LogP contribution in [0.1, 0.15) is 47.6 Å². The van der Waals surface area contributed by atoms with Crippen molar-refractivity contribution in [2.24, 2.45) is 11.5 Å². The number of nitrogens with zero attached hydrogens (tertiary/aromatic N) is 3. The Balaban J connectivity index is 1.70. The molecular weight excluding hydrogens is 430 g/mol. The molecule has 1 fully saturated rings. The highest BCUT2D eigenvalue weighted by atomic mass is 35.5. The first-order valence-electron chi connectivity index (χ1n) is 10.4. The van der Waals surface area contributed by atoms with Crippen molar-refractivity contribution in [3.8, 4) is 11.3 Å². The van der Waals surface area contributed by atoms with E-state index in [2.05, 4.69) is 5.10 Å². The first kappa shape index (κ1) is 22.0. The Bertz CT molecular complexity index is 1220. The van der Waals surface area contributed by atoms with E-state index in [0.717, 1.165) is 18.4 Å². The van der Waals surface area contributed by atoms with Gasteiger partial charge in [-0.1, -0.05) is 23.7 Å². The number of rotatable bonds is 5. The zero-order chi connectivity index (χ0) is 22.9. The predicted octanol–water partition coefficient (Wildman–Crippen LogP) is 2.31. The molecule has 1 aromatic carbocycles. The molecule has 166 valence electrons. The lowest BCUT2D eigenvalue weighted by Gasteiger charge is -2.40. The number of hydrogen-bond acceptors (Lipinski definition) is 5. The Morgan fingerprint density at radius 2 is 2.00 bits per heavy atom. The summed E-state index contributed by atoms with van der Waals surface area (Å²) in [5.74, 6) is -0.829. The van der Waals surface area contributed by atoms with Gasteiger partial charge in [-0.05, 0) is 55.5 Å². The van der Waals surface area contributed by atoms with Crippen molar-refractivity contribution in [2.45, 2.75) is 37.1 Å². The molecule has 1 aliphatic rings. The molecule has 2 heterocycles. The van der Waals surface area contributed by atoms with Crippen LogP contribution < -0.4 is 21.8 Å². The molecule has 0 atom stereocenters. The van der Waals surface area contributed by atoms with Gasteiger partial charge in [-0.15, -0.1) is 0 Å². The standard InChI is InChI=1S/C23H24ClN5O3/c24-17-5-1-4-16(11-17)23(14-25)8-6-18(7-9-23)29-22(31)19(21(26)30)12-20(27-29)15-3-2-10-28(32)13-15/h1-5,10-13,18H,6-9,14,25H2,(H2,26,30)/t18-,23+. The van der Waals surface area contributed by atoms with Crippen LogP contribution in [0.5, 0.6) is 0 Å². The van der Waals surface area contributed by atoms with E-state index in [0.29, 0.717) is 40.4 Å². The van der Waals surface area contributed by atoms with Crippen molar-refractivity contribution in [2.75, 3.05) is 6.54 Å². The number of pyridine rings is 1. The molecule has 0 radical (unpaired) electrons. The molecule has 0 spiro atoms. The third kappa shape index (κ3) is 4.11. The Labute approximate surface area is 190 Å². The fourth-order valence-corrected chi connectivity index (χ4v) is 4.70. The maximum atomic E-state index is 13.0. The highest BCUT2D eigenvalue weighted by Crippen LogP contribution is 2.42. The van der Waals surface area contributed by atoms with Crippen molar-refractivity contribution in [3.63, 3.8) is 0 Å². The van der Waals surface area contributed by atoms with Gasteiger partial charge in [0.2, 0.25) is 0 Å². The lowest BCUT2D eigenvalue weighted by atomic mass is 9.68. The van der Waals surface area contributed by atoms with Gasteiger partial charge in [0.05, 0.1) is 17.3 Å². The number of carbonyl (C=O) groups is 1. The molecule has 4 rings (SSSR count). The molecule has 1 aliphatic carbocycles. The second-order valence-corrected chi connectivity index (χ2v) is 8.67. The molecular formula is C23H24ClN5O3. The van der Waals surface area contributed by atoms with Crippen LogP contribution in [0.4, 0.5) is 0 Å². The predicted molar refractivity (Wildman–Crippen MR) is 121 cm³/mol. The molecule has 0 unspecified atom stereocenters. The summed E-state index contributed by atoms with van der Waals surface area (Å²) < 4.78 is 1.98. The Morgan fingerprint density at radius 1 is 1.25 bits per heavy atom. The Kier molecular flexibility index (Phi) is 5.99. The van der Waals surface area contributed by atoms with Crippen LogP contribution in [0.25, 0.3) is 11.3 Å². The van der Waals surface area contributed by atoms with Crippen molar-refractivity contribution in [3.05, 3.63) is 86.6 Å². The van der Waals surface area contributed by atoms with Crippen molar-refractivity contribution < 1.29 is 9.52 Å². The van der Waals surface area contributed by atoms with E-state index in [1.54, 1.807) is 12.1 Å².